The number of nitrogens with one attached hydrogen (secondary N) is 2. The first-order chi connectivity index (χ1) is 23.4. The van der Waals surface area contributed by atoms with E-state index in [9.17, 15) is 13.4 Å². The van der Waals surface area contributed by atoms with E-state index in [4.69, 9.17) is 14.3 Å². The lowest BCUT2D eigenvalue weighted by molar-refractivity contribution is -0.0298. The number of carbonyl (C=O) groups is 1. The molecule has 6 rings (SSSR count). The van der Waals surface area contributed by atoms with Gasteiger partial charge in [0.2, 0.25) is 0 Å². The van der Waals surface area contributed by atoms with Crippen LogP contribution in [0.3, 0.4) is 0 Å². The molecular weight excluding hydrogens is 646 g/mol. The summed E-state index contributed by atoms with van der Waals surface area (Å²) in [5.74, 6) is 0.582. The molecule has 13 heteroatoms. The number of hydrogen-bond acceptors (Lipinski definition) is 9. The third-order valence-corrected chi connectivity index (χ3v) is 11.5. The highest BCUT2D eigenvalue weighted by molar-refractivity contribution is 7.90. The van der Waals surface area contributed by atoms with E-state index in [0.29, 0.717) is 23.1 Å². The van der Waals surface area contributed by atoms with Crippen molar-refractivity contribution in [1.82, 2.24) is 24.5 Å². The van der Waals surface area contributed by atoms with Crippen LogP contribution in [0.2, 0.25) is 0 Å². The summed E-state index contributed by atoms with van der Waals surface area (Å²) in [6.07, 6.45) is 7.05. The molecule has 3 aromatic rings. The third-order valence-electron chi connectivity index (χ3n) is 9.91. The molecule has 1 amide bonds. The molecule has 1 spiro atoms. The Bertz CT molecular complexity index is 1690. The van der Waals surface area contributed by atoms with Gasteiger partial charge >= 0.3 is 0 Å². The van der Waals surface area contributed by atoms with E-state index < -0.39 is 15.7 Å². The molecular formula is C36H48FN7O4S. The summed E-state index contributed by atoms with van der Waals surface area (Å²) in [5, 5.41) is 0. The van der Waals surface area contributed by atoms with Gasteiger partial charge in [-0.15, -0.1) is 0 Å². The minimum absolute atomic E-state index is 0.0662. The topological polar surface area (TPSA) is 124 Å². The Hall–Kier alpha value is -3.65. The fourth-order valence-electron chi connectivity index (χ4n) is 7.39. The number of nitrogens with zero attached hydrogens (tertiary/aromatic N) is 5. The first kappa shape index (κ1) is 35.2. The van der Waals surface area contributed by atoms with Crippen molar-refractivity contribution in [2.75, 3.05) is 44.2 Å². The number of ether oxygens (including phenoxy) is 2. The van der Waals surface area contributed by atoms with Crippen molar-refractivity contribution in [2.24, 2.45) is 5.41 Å². The standard InChI is InChI=1S/C36H48FN7O4S/c1-25(2)44(26(3)4)35(45)31-18-27(37)10-13-32(31)48-33-19-39-24-40-34(33)43-22-36(23-43)14-16-42(17-15-36)20-29-12-11-28(21-47-29)41-49(38,46)30-8-6-5-7-9-30/h5-10,13,18-19,24-26,28-29H,11-12,14-17,20-23H2,1-4H3,(H2,38,41,46)/t28-,29+,49?/m1/s1. The number of hydrogen-bond donors (Lipinski definition) is 2. The lowest BCUT2D eigenvalue weighted by atomic mass is 9.72. The molecule has 4 heterocycles. The first-order valence-corrected chi connectivity index (χ1v) is 18.8. The largest absolute Gasteiger partial charge is 0.451 e. The van der Waals surface area contributed by atoms with Crippen LogP contribution >= 0.6 is 0 Å². The maximum Gasteiger partial charge on any atom is 0.258 e. The second-order valence-electron chi connectivity index (χ2n) is 14.2. The molecule has 1 unspecified atom stereocenters. The zero-order valence-corrected chi connectivity index (χ0v) is 29.6. The fraction of sp³-hybridized carbons (Fsp3) is 0.528. The highest BCUT2D eigenvalue weighted by Gasteiger charge is 2.46. The number of anilines is 1. The van der Waals surface area contributed by atoms with Crippen molar-refractivity contribution in [1.29, 1.82) is 4.78 Å². The van der Waals surface area contributed by atoms with Gasteiger partial charge in [0.25, 0.3) is 5.91 Å². The fourth-order valence-corrected chi connectivity index (χ4v) is 8.72. The number of carbonyl (C=O) groups excluding carboxylic acids is 1. The van der Waals surface area contributed by atoms with Crippen molar-refractivity contribution in [3.05, 3.63) is 72.4 Å². The zero-order valence-electron chi connectivity index (χ0n) is 28.8. The molecule has 3 atom stereocenters. The quantitative estimate of drug-likeness (QED) is 0.261. The predicted molar refractivity (Wildman–Crippen MR) is 187 cm³/mol. The monoisotopic (exact) mass is 693 g/mol. The Morgan fingerprint density at radius 3 is 2.47 bits per heavy atom. The molecule has 0 saturated carbocycles. The van der Waals surface area contributed by atoms with Gasteiger partial charge in [0.05, 0.1) is 29.4 Å². The number of halogens is 1. The molecule has 0 aliphatic carbocycles. The Kier molecular flexibility index (Phi) is 10.5. The molecule has 11 nitrogen and oxygen atoms in total. The van der Waals surface area contributed by atoms with Gasteiger partial charge in [-0.2, -0.15) is 0 Å². The predicted octanol–water partition coefficient (Wildman–Crippen LogP) is 5.73. The number of rotatable bonds is 11. The Balaban J connectivity index is 1.01. The molecule has 3 fully saturated rings. The van der Waals surface area contributed by atoms with Crippen molar-refractivity contribution < 1.29 is 22.9 Å². The second kappa shape index (κ2) is 14.7. The van der Waals surface area contributed by atoms with Crippen molar-refractivity contribution in [3.8, 4) is 11.5 Å². The SMILES string of the molecule is CC(C)N(C(=O)c1cc(F)ccc1Oc1cncnc1N1CC2(CCN(C[C@@H]3CC[C@@H](NS(=N)(=O)c4ccccc4)CO3)CC2)C1)C(C)C. The van der Waals surface area contributed by atoms with E-state index in [-0.39, 0.29) is 46.9 Å². The number of aromatic nitrogens is 2. The molecule has 49 heavy (non-hydrogen) atoms. The van der Waals surface area contributed by atoms with Gasteiger partial charge in [0.15, 0.2) is 11.6 Å². The van der Waals surface area contributed by atoms with Crippen molar-refractivity contribution >= 4 is 21.6 Å². The molecule has 2 aromatic carbocycles. The Morgan fingerprint density at radius 2 is 1.82 bits per heavy atom. The van der Waals surface area contributed by atoms with Gasteiger partial charge in [-0.1, -0.05) is 18.2 Å². The van der Waals surface area contributed by atoms with Gasteiger partial charge < -0.3 is 24.2 Å². The van der Waals surface area contributed by atoms with Crippen molar-refractivity contribution in [2.45, 2.75) is 82.5 Å². The zero-order chi connectivity index (χ0) is 34.8. The van der Waals surface area contributed by atoms with Crippen LogP contribution in [0.15, 0.2) is 66.0 Å². The van der Waals surface area contributed by atoms with Crippen LogP contribution in [0.25, 0.3) is 0 Å². The second-order valence-corrected chi connectivity index (χ2v) is 16.0. The smallest absolute Gasteiger partial charge is 0.258 e. The summed E-state index contributed by atoms with van der Waals surface area (Å²) in [6, 6.07) is 12.7. The highest BCUT2D eigenvalue weighted by atomic mass is 32.2. The van der Waals surface area contributed by atoms with E-state index in [2.05, 4.69) is 24.5 Å². The minimum Gasteiger partial charge on any atom is -0.451 e. The summed E-state index contributed by atoms with van der Waals surface area (Å²) < 4.78 is 51.1. The van der Waals surface area contributed by atoms with Crippen LogP contribution in [0.4, 0.5) is 10.2 Å². The lowest BCUT2D eigenvalue weighted by Gasteiger charge is -2.54. The lowest BCUT2D eigenvalue weighted by Crippen LogP contribution is -2.61. The third kappa shape index (κ3) is 8.06. The summed E-state index contributed by atoms with van der Waals surface area (Å²) in [4.78, 5) is 29.2. The maximum absolute atomic E-state index is 14.4. The number of likely N-dealkylation sites (tertiary alicyclic amines) is 1. The van der Waals surface area contributed by atoms with E-state index in [0.717, 1.165) is 58.4 Å². The molecule has 3 saturated heterocycles. The molecule has 3 aliphatic rings. The average molecular weight is 694 g/mol. The molecule has 264 valence electrons. The molecule has 1 aromatic heterocycles. The van der Waals surface area contributed by atoms with Gasteiger partial charge in [-0.05, 0) is 96.8 Å². The van der Waals surface area contributed by atoms with Crippen LogP contribution in [-0.4, -0.2) is 93.4 Å². The van der Waals surface area contributed by atoms with Gasteiger partial charge in [-0.3, -0.25) is 4.79 Å². The van der Waals surface area contributed by atoms with Crippen molar-refractivity contribution in [3.63, 3.8) is 0 Å². The first-order valence-electron chi connectivity index (χ1n) is 17.2. The van der Waals surface area contributed by atoms with Crippen LogP contribution in [0.1, 0.15) is 63.7 Å². The number of amides is 1. The van der Waals surface area contributed by atoms with Gasteiger partial charge in [0, 0.05) is 43.2 Å². The molecule has 2 N–H and O–H groups in total. The summed E-state index contributed by atoms with van der Waals surface area (Å²) >= 11 is 0. The Labute approximate surface area is 289 Å². The maximum atomic E-state index is 14.4. The van der Waals surface area contributed by atoms with E-state index in [1.54, 1.807) is 35.4 Å². The van der Waals surface area contributed by atoms with Crippen LogP contribution in [0, 0.1) is 16.0 Å². The number of benzene rings is 2. The van der Waals surface area contributed by atoms with E-state index >= 15 is 0 Å². The Morgan fingerprint density at radius 1 is 1.10 bits per heavy atom. The number of piperidine rings is 1. The summed E-state index contributed by atoms with van der Waals surface area (Å²) in [5.41, 5.74) is 0.362. The molecule has 0 radical (unpaired) electrons. The van der Waals surface area contributed by atoms with Crippen LogP contribution < -0.4 is 14.4 Å². The van der Waals surface area contributed by atoms with Gasteiger partial charge in [0.1, 0.15) is 27.8 Å². The van der Waals surface area contributed by atoms with Crippen LogP contribution in [0.5, 0.6) is 11.5 Å². The molecule has 0 bridgehead atoms. The van der Waals surface area contributed by atoms with E-state index in [1.807, 2.05) is 33.8 Å². The minimum atomic E-state index is -3.06. The normalized spacial score (nSPS) is 22.1. The summed E-state index contributed by atoms with van der Waals surface area (Å²) in [7, 11) is -3.06. The summed E-state index contributed by atoms with van der Waals surface area (Å²) in [6.45, 7) is 12.7. The molecule has 3 aliphatic heterocycles. The average Bonchev–Trinajstić information content (AvgIpc) is 3.06. The highest BCUT2D eigenvalue weighted by Crippen LogP contribution is 2.45. The van der Waals surface area contributed by atoms with Gasteiger partial charge in [-0.25, -0.2) is 28.1 Å². The van der Waals surface area contributed by atoms with E-state index in [1.165, 1.54) is 24.5 Å². The van der Waals surface area contributed by atoms with Crippen LogP contribution in [-0.2, 0) is 14.7 Å².